The van der Waals surface area contributed by atoms with E-state index < -0.39 is 5.97 Å². The Morgan fingerprint density at radius 3 is 2.53 bits per heavy atom. The Bertz CT molecular complexity index is 1010. The molecule has 0 saturated heterocycles. The normalized spacial score (nSPS) is 11.9. The van der Waals surface area contributed by atoms with E-state index in [2.05, 4.69) is 16.5 Å². The molecule has 0 spiro atoms. The van der Waals surface area contributed by atoms with Gasteiger partial charge in [-0.3, -0.25) is 14.3 Å². The van der Waals surface area contributed by atoms with Crippen LogP contribution >= 0.6 is 0 Å². The lowest BCUT2D eigenvalue weighted by Gasteiger charge is -2.16. The maximum Gasteiger partial charge on any atom is 0.303 e. The maximum absolute atomic E-state index is 12.4. The predicted octanol–water partition coefficient (Wildman–Crippen LogP) is 3.51. The molecule has 0 aliphatic rings. The van der Waals surface area contributed by atoms with Crippen LogP contribution < -0.4 is 10.1 Å². The van der Waals surface area contributed by atoms with Crippen molar-refractivity contribution in [1.29, 1.82) is 0 Å². The van der Waals surface area contributed by atoms with Crippen molar-refractivity contribution in [3.63, 3.8) is 0 Å². The monoisotopic (exact) mass is 409 g/mol. The second-order valence-electron chi connectivity index (χ2n) is 7.30. The quantitative estimate of drug-likeness (QED) is 0.500. The molecular weight excluding hydrogens is 382 g/mol. The number of ether oxygens (including phenoxy) is 1. The van der Waals surface area contributed by atoms with E-state index in [4.69, 9.17) is 4.74 Å². The van der Waals surface area contributed by atoms with Crippen LogP contribution in [0.2, 0.25) is 0 Å². The van der Waals surface area contributed by atoms with E-state index in [0.717, 1.165) is 28.6 Å². The van der Waals surface area contributed by atoms with Gasteiger partial charge in [-0.25, -0.2) is 0 Å². The minimum atomic E-state index is -0.926. The van der Waals surface area contributed by atoms with Crippen molar-refractivity contribution < 1.29 is 19.4 Å². The lowest BCUT2D eigenvalue weighted by Crippen LogP contribution is -2.27. The van der Waals surface area contributed by atoms with Gasteiger partial charge in [0.05, 0.1) is 19.0 Å². The first-order chi connectivity index (χ1) is 14.5. The Kier molecular flexibility index (Phi) is 7.06. The van der Waals surface area contributed by atoms with Crippen molar-refractivity contribution in [1.82, 2.24) is 15.1 Å². The number of amides is 1. The predicted molar refractivity (Wildman–Crippen MR) is 115 cm³/mol. The zero-order chi connectivity index (χ0) is 21.5. The number of carbonyl (C=O) groups is 2. The number of nitrogens with one attached hydrogen (secondary N) is 1. The number of carboxylic acids is 1. The van der Waals surface area contributed by atoms with Crippen LogP contribution in [0.1, 0.15) is 36.4 Å². The van der Waals surface area contributed by atoms with Crippen LogP contribution in [0.4, 0.5) is 0 Å². The smallest absolute Gasteiger partial charge is 0.303 e. The van der Waals surface area contributed by atoms with Crippen LogP contribution in [0.15, 0.2) is 48.5 Å². The summed E-state index contributed by atoms with van der Waals surface area (Å²) in [5.41, 5.74) is 2.89. The summed E-state index contributed by atoms with van der Waals surface area (Å²) in [7, 11) is 1.57. The fourth-order valence-corrected chi connectivity index (χ4v) is 3.58. The molecule has 2 N–H and O–H groups in total. The number of aliphatic carboxylic acids is 1. The molecule has 0 fully saturated rings. The van der Waals surface area contributed by atoms with Crippen LogP contribution in [0.25, 0.3) is 10.9 Å². The summed E-state index contributed by atoms with van der Waals surface area (Å²) >= 11 is 0. The third kappa shape index (κ3) is 5.37. The van der Waals surface area contributed by atoms with Crippen LogP contribution in [0.5, 0.6) is 5.75 Å². The number of hydrogen-bond acceptors (Lipinski definition) is 4. The van der Waals surface area contributed by atoms with Crippen molar-refractivity contribution in [2.75, 3.05) is 13.7 Å². The van der Waals surface area contributed by atoms with E-state index in [1.165, 1.54) is 0 Å². The Balaban J connectivity index is 1.52. The van der Waals surface area contributed by atoms with Crippen LogP contribution in [-0.2, 0) is 16.1 Å². The minimum Gasteiger partial charge on any atom is -0.497 e. The summed E-state index contributed by atoms with van der Waals surface area (Å²) in [6, 6.07) is 15.2. The van der Waals surface area contributed by atoms with E-state index >= 15 is 0 Å². The van der Waals surface area contributed by atoms with Gasteiger partial charge in [-0.05, 0) is 37.1 Å². The number of aryl methyl sites for hydroxylation is 2. The summed E-state index contributed by atoms with van der Waals surface area (Å²) in [6.45, 7) is 3.26. The number of methoxy groups -OCH3 is 1. The topological polar surface area (TPSA) is 93.5 Å². The van der Waals surface area contributed by atoms with Gasteiger partial charge in [-0.15, -0.1) is 0 Å². The third-order valence-corrected chi connectivity index (χ3v) is 5.22. The van der Waals surface area contributed by atoms with Crippen LogP contribution in [0.3, 0.4) is 0 Å². The molecule has 1 amide bonds. The number of rotatable bonds is 10. The Morgan fingerprint density at radius 1 is 1.13 bits per heavy atom. The first-order valence-electron chi connectivity index (χ1n) is 10.0. The van der Waals surface area contributed by atoms with Gasteiger partial charge in [-0.2, -0.15) is 5.10 Å². The average molecular weight is 409 g/mol. The van der Waals surface area contributed by atoms with E-state index in [-0.39, 0.29) is 24.7 Å². The molecule has 1 heterocycles. The number of benzene rings is 2. The lowest BCUT2D eigenvalue weighted by molar-refractivity contribution is -0.137. The zero-order valence-electron chi connectivity index (χ0n) is 17.3. The number of fused-ring (bicyclic) bond motifs is 1. The third-order valence-electron chi connectivity index (χ3n) is 5.22. The molecule has 158 valence electrons. The molecule has 0 saturated carbocycles. The van der Waals surface area contributed by atoms with Gasteiger partial charge in [0.15, 0.2) is 0 Å². The Labute approximate surface area is 175 Å². The van der Waals surface area contributed by atoms with Gasteiger partial charge in [0.25, 0.3) is 0 Å². The molecule has 7 nitrogen and oxygen atoms in total. The molecule has 0 aliphatic carbocycles. The van der Waals surface area contributed by atoms with Gasteiger partial charge in [0.1, 0.15) is 5.75 Å². The molecule has 0 aliphatic heterocycles. The molecule has 7 heteroatoms. The average Bonchev–Trinajstić information content (AvgIpc) is 3.06. The first-order valence-corrected chi connectivity index (χ1v) is 10.0. The highest BCUT2D eigenvalue weighted by atomic mass is 16.5. The van der Waals surface area contributed by atoms with E-state index in [0.29, 0.717) is 18.8 Å². The molecule has 1 aromatic heterocycles. The molecule has 0 radical (unpaired) electrons. The van der Waals surface area contributed by atoms with Crippen molar-refractivity contribution >= 4 is 22.8 Å². The fraction of sp³-hybridized carbons (Fsp3) is 0.348. The Morgan fingerprint density at radius 2 is 1.87 bits per heavy atom. The Hall–Kier alpha value is -3.35. The van der Waals surface area contributed by atoms with Gasteiger partial charge >= 0.3 is 5.97 Å². The molecular formula is C23H27N3O4. The highest BCUT2D eigenvalue weighted by molar-refractivity contribution is 5.81. The van der Waals surface area contributed by atoms with E-state index in [1.807, 2.05) is 41.9 Å². The molecule has 1 unspecified atom stereocenters. The SMILES string of the molecule is COc1ccc(C(CC(=O)O)CC(=O)NCCCn2nc3ccccc3c2C)cc1. The highest BCUT2D eigenvalue weighted by Crippen LogP contribution is 2.25. The summed E-state index contributed by atoms with van der Waals surface area (Å²) in [5.74, 6) is -0.768. The summed E-state index contributed by atoms with van der Waals surface area (Å²) in [6.07, 6.45) is 0.773. The van der Waals surface area contributed by atoms with E-state index in [9.17, 15) is 14.7 Å². The van der Waals surface area contributed by atoms with Crippen LogP contribution in [0, 0.1) is 6.92 Å². The van der Waals surface area contributed by atoms with Crippen molar-refractivity contribution in [2.24, 2.45) is 0 Å². The molecule has 1 atom stereocenters. The summed E-state index contributed by atoms with van der Waals surface area (Å²) in [4.78, 5) is 23.6. The number of nitrogens with zero attached hydrogens (tertiary/aromatic N) is 2. The lowest BCUT2D eigenvalue weighted by atomic mass is 9.92. The fourth-order valence-electron chi connectivity index (χ4n) is 3.58. The second-order valence-corrected chi connectivity index (χ2v) is 7.30. The molecule has 0 bridgehead atoms. The van der Waals surface area contributed by atoms with Crippen LogP contribution in [-0.4, -0.2) is 40.4 Å². The van der Waals surface area contributed by atoms with E-state index in [1.54, 1.807) is 19.2 Å². The van der Waals surface area contributed by atoms with Crippen molar-refractivity contribution in [3.8, 4) is 5.75 Å². The van der Waals surface area contributed by atoms with Gasteiger partial charge < -0.3 is 15.2 Å². The first kappa shape index (κ1) is 21.4. The number of aromatic nitrogens is 2. The molecule has 3 aromatic rings. The van der Waals surface area contributed by atoms with Gasteiger partial charge in [-0.1, -0.05) is 30.3 Å². The molecule has 30 heavy (non-hydrogen) atoms. The zero-order valence-corrected chi connectivity index (χ0v) is 17.3. The number of carboxylic acid groups (broad SMARTS) is 1. The molecule has 3 rings (SSSR count). The summed E-state index contributed by atoms with van der Waals surface area (Å²) in [5, 5.41) is 17.9. The standard InChI is InChI=1S/C23H27N3O4/c1-16-20-6-3-4-7-21(20)25-26(16)13-5-12-24-22(27)14-18(15-23(28)29)17-8-10-19(30-2)11-9-17/h3-4,6-11,18H,5,12-15H2,1-2H3,(H,24,27)(H,28,29). The van der Waals surface area contributed by atoms with Crippen molar-refractivity contribution in [3.05, 3.63) is 59.8 Å². The molecule has 2 aromatic carbocycles. The van der Waals surface area contributed by atoms with Crippen molar-refractivity contribution in [2.45, 2.75) is 38.6 Å². The largest absolute Gasteiger partial charge is 0.497 e. The maximum atomic E-state index is 12.4. The summed E-state index contributed by atoms with van der Waals surface area (Å²) < 4.78 is 7.10. The van der Waals surface area contributed by atoms with Gasteiger partial charge in [0.2, 0.25) is 5.91 Å². The van der Waals surface area contributed by atoms with Gasteiger partial charge in [0, 0.05) is 36.5 Å². The second kappa shape index (κ2) is 9.91. The number of carbonyl (C=O) groups excluding carboxylic acids is 1. The highest BCUT2D eigenvalue weighted by Gasteiger charge is 2.19. The number of hydrogen-bond donors (Lipinski definition) is 2. The minimum absolute atomic E-state index is 0.0984.